The number of rotatable bonds is 1. The Hall–Kier alpha value is -1.21. The molecule has 1 fully saturated rings. The van der Waals surface area contributed by atoms with Gasteiger partial charge in [-0.05, 0) is 6.07 Å². The lowest BCUT2D eigenvalue weighted by Crippen LogP contribution is -2.54. The number of hydrogen-bond acceptors (Lipinski definition) is 5. The largest absolute Gasteiger partial charge is 0.317 e. The Bertz CT molecular complexity index is 558. The average Bonchev–Trinajstić information content (AvgIpc) is 2.86. The SMILES string of the molecule is CN1C(=O)C([N+](=O)[O-])C2(SCCS2)c2ccccc21. The summed E-state index contributed by atoms with van der Waals surface area (Å²) in [5.41, 5.74) is 1.68. The first-order valence-corrected chi connectivity index (χ1v) is 7.83. The minimum Gasteiger partial charge on any atom is -0.309 e. The lowest BCUT2D eigenvalue weighted by Gasteiger charge is -2.38. The van der Waals surface area contributed by atoms with Crippen LogP contribution in [-0.2, 0) is 8.87 Å². The summed E-state index contributed by atoms with van der Waals surface area (Å²) in [7, 11) is 1.61. The Morgan fingerprint density at radius 1 is 1.37 bits per heavy atom. The van der Waals surface area contributed by atoms with Gasteiger partial charge in [0.25, 0.3) is 0 Å². The van der Waals surface area contributed by atoms with Crippen LogP contribution >= 0.6 is 23.5 Å². The number of para-hydroxylation sites is 1. The van der Waals surface area contributed by atoms with Crippen molar-refractivity contribution in [3.63, 3.8) is 0 Å². The van der Waals surface area contributed by atoms with E-state index >= 15 is 0 Å². The van der Waals surface area contributed by atoms with Crippen molar-refractivity contribution in [3.05, 3.63) is 39.9 Å². The maximum absolute atomic E-state index is 12.3. The second-order valence-electron chi connectivity index (χ2n) is 4.47. The van der Waals surface area contributed by atoms with E-state index in [-0.39, 0.29) is 0 Å². The molecule has 0 aliphatic carbocycles. The summed E-state index contributed by atoms with van der Waals surface area (Å²) >= 11 is 3.05. The zero-order chi connectivity index (χ0) is 13.6. The Balaban J connectivity index is 2.25. The summed E-state index contributed by atoms with van der Waals surface area (Å²) in [6.45, 7) is 0. The predicted molar refractivity (Wildman–Crippen MR) is 77.2 cm³/mol. The molecule has 2 heterocycles. The van der Waals surface area contributed by atoms with E-state index < -0.39 is 21.0 Å². The summed E-state index contributed by atoms with van der Waals surface area (Å²) in [4.78, 5) is 24.7. The maximum Gasteiger partial charge on any atom is 0.317 e. The number of benzene rings is 1. The summed E-state index contributed by atoms with van der Waals surface area (Å²) in [5, 5.41) is 11.4. The molecule has 0 bridgehead atoms. The van der Waals surface area contributed by atoms with Crippen molar-refractivity contribution >= 4 is 35.1 Å². The quantitative estimate of drug-likeness (QED) is 0.585. The van der Waals surface area contributed by atoms with Crippen LogP contribution in [0.4, 0.5) is 5.69 Å². The van der Waals surface area contributed by atoms with Crippen molar-refractivity contribution in [2.75, 3.05) is 23.5 Å². The Kier molecular flexibility index (Phi) is 2.98. The maximum atomic E-state index is 12.3. The fourth-order valence-electron chi connectivity index (χ4n) is 2.64. The van der Waals surface area contributed by atoms with Gasteiger partial charge in [-0.25, -0.2) is 0 Å². The van der Waals surface area contributed by atoms with Crippen LogP contribution in [0.25, 0.3) is 0 Å². The van der Waals surface area contributed by atoms with Crippen LogP contribution in [0.15, 0.2) is 24.3 Å². The number of carbonyl (C=O) groups is 1. The molecule has 1 aromatic rings. The van der Waals surface area contributed by atoms with Gasteiger partial charge in [-0.3, -0.25) is 14.9 Å². The van der Waals surface area contributed by atoms with Crippen LogP contribution < -0.4 is 4.90 Å². The monoisotopic (exact) mass is 296 g/mol. The molecule has 2 aliphatic heterocycles. The number of amides is 1. The second-order valence-corrected chi connectivity index (χ2v) is 7.41. The molecule has 100 valence electrons. The number of carbonyl (C=O) groups excluding carboxylic acids is 1. The highest BCUT2D eigenvalue weighted by Crippen LogP contribution is 2.59. The number of fused-ring (bicyclic) bond motifs is 2. The molecule has 5 nitrogen and oxygen atoms in total. The molecule has 1 atom stereocenters. The van der Waals surface area contributed by atoms with E-state index in [2.05, 4.69) is 0 Å². The van der Waals surface area contributed by atoms with Gasteiger partial charge in [0.05, 0.1) is 0 Å². The van der Waals surface area contributed by atoms with E-state index in [9.17, 15) is 14.9 Å². The number of likely N-dealkylation sites (N-methyl/N-ethyl adjacent to an activating group) is 1. The average molecular weight is 296 g/mol. The first kappa shape index (κ1) is 12.8. The molecule has 2 aliphatic rings. The molecule has 1 amide bonds. The number of nitro groups is 1. The summed E-state index contributed by atoms with van der Waals surface area (Å²) in [6, 6.07) is 6.28. The van der Waals surface area contributed by atoms with Crippen LogP contribution in [0.3, 0.4) is 0 Å². The van der Waals surface area contributed by atoms with Gasteiger partial charge >= 0.3 is 11.9 Å². The van der Waals surface area contributed by atoms with Crippen molar-refractivity contribution in [2.45, 2.75) is 10.1 Å². The first-order chi connectivity index (χ1) is 9.08. The van der Waals surface area contributed by atoms with Crippen molar-refractivity contribution in [1.82, 2.24) is 0 Å². The van der Waals surface area contributed by atoms with Gasteiger partial charge < -0.3 is 4.90 Å². The minimum atomic E-state index is -1.20. The summed E-state index contributed by atoms with van der Waals surface area (Å²) in [5.74, 6) is 1.24. The topological polar surface area (TPSA) is 63.5 Å². The zero-order valence-corrected chi connectivity index (χ0v) is 11.9. The highest BCUT2D eigenvalue weighted by molar-refractivity contribution is 8.20. The first-order valence-electron chi connectivity index (χ1n) is 5.86. The Morgan fingerprint density at radius 2 is 2.00 bits per heavy atom. The molecule has 1 aromatic carbocycles. The van der Waals surface area contributed by atoms with E-state index in [1.165, 1.54) is 28.4 Å². The van der Waals surface area contributed by atoms with Gasteiger partial charge in [0.1, 0.15) is 0 Å². The number of hydrogen-bond donors (Lipinski definition) is 0. The third-order valence-electron chi connectivity index (χ3n) is 3.49. The van der Waals surface area contributed by atoms with Crippen molar-refractivity contribution < 1.29 is 9.72 Å². The van der Waals surface area contributed by atoms with Crippen LogP contribution in [0, 0.1) is 10.1 Å². The molecule has 0 radical (unpaired) electrons. The smallest absolute Gasteiger partial charge is 0.309 e. The normalized spacial score (nSPS) is 24.6. The summed E-state index contributed by atoms with van der Waals surface area (Å²) in [6.07, 6.45) is 0. The van der Waals surface area contributed by atoms with Gasteiger partial charge in [-0.1, -0.05) is 18.2 Å². The summed E-state index contributed by atoms with van der Waals surface area (Å²) < 4.78 is -0.760. The van der Waals surface area contributed by atoms with Gasteiger partial charge in [0.15, 0.2) is 4.08 Å². The third-order valence-corrected chi connectivity index (χ3v) is 7.02. The highest BCUT2D eigenvalue weighted by atomic mass is 32.2. The molecule has 0 N–H and O–H groups in total. The van der Waals surface area contributed by atoms with Crippen molar-refractivity contribution in [3.8, 4) is 0 Å². The van der Waals surface area contributed by atoms with Gasteiger partial charge in [0, 0.05) is 34.7 Å². The Morgan fingerprint density at radius 3 is 2.63 bits per heavy atom. The van der Waals surface area contributed by atoms with Crippen molar-refractivity contribution in [2.24, 2.45) is 0 Å². The molecule has 1 spiro atoms. The zero-order valence-electron chi connectivity index (χ0n) is 10.2. The van der Waals surface area contributed by atoms with Crippen LogP contribution in [0.5, 0.6) is 0 Å². The van der Waals surface area contributed by atoms with E-state index in [4.69, 9.17) is 0 Å². The molecule has 19 heavy (non-hydrogen) atoms. The molecular formula is C12H12N2O3S2. The van der Waals surface area contributed by atoms with Gasteiger partial charge in [-0.2, -0.15) is 0 Å². The van der Waals surface area contributed by atoms with E-state index in [0.717, 1.165) is 22.8 Å². The molecule has 0 aromatic heterocycles. The minimum absolute atomic E-state index is 0.425. The van der Waals surface area contributed by atoms with Crippen molar-refractivity contribution in [1.29, 1.82) is 0 Å². The molecule has 0 saturated carbocycles. The molecular weight excluding hydrogens is 284 g/mol. The van der Waals surface area contributed by atoms with E-state index in [0.29, 0.717) is 0 Å². The molecule has 1 saturated heterocycles. The van der Waals surface area contributed by atoms with E-state index in [1.54, 1.807) is 7.05 Å². The third kappa shape index (κ3) is 1.68. The highest BCUT2D eigenvalue weighted by Gasteiger charge is 2.60. The lowest BCUT2D eigenvalue weighted by atomic mass is 9.96. The number of anilines is 1. The number of nitrogens with zero attached hydrogens (tertiary/aromatic N) is 2. The predicted octanol–water partition coefficient (Wildman–Crippen LogP) is 1.94. The van der Waals surface area contributed by atoms with Gasteiger partial charge in [0.2, 0.25) is 0 Å². The van der Waals surface area contributed by atoms with Crippen LogP contribution in [-0.4, -0.2) is 35.4 Å². The molecule has 7 heteroatoms. The fourth-order valence-corrected chi connectivity index (χ4v) is 6.10. The lowest BCUT2D eigenvalue weighted by molar-refractivity contribution is -0.510. The fraction of sp³-hybridized carbons (Fsp3) is 0.417. The standard InChI is InChI=1S/C12H12N2O3S2/c1-13-9-5-3-2-4-8(9)12(18-6-7-19-12)10(11(13)15)14(16)17/h2-5,10H,6-7H2,1H3. The van der Waals surface area contributed by atoms with E-state index in [1.807, 2.05) is 24.3 Å². The van der Waals surface area contributed by atoms with Crippen LogP contribution in [0.1, 0.15) is 5.56 Å². The number of thioether (sulfide) groups is 2. The van der Waals surface area contributed by atoms with Crippen LogP contribution in [0.2, 0.25) is 0 Å². The van der Waals surface area contributed by atoms with Gasteiger partial charge in [-0.15, -0.1) is 23.5 Å². The Labute approximate surface area is 118 Å². The molecule has 3 rings (SSSR count). The molecule has 1 unspecified atom stereocenters. The second kappa shape index (κ2) is 4.42.